The van der Waals surface area contributed by atoms with Gasteiger partial charge in [-0.15, -0.1) is 0 Å². The van der Waals surface area contributed by atoms with Crippen LogP contribution < -0.4 is 0 Å². The average Bonchev–Trinajstić information content (AvgIpc) is 1.99. The van der Waals surface area contributed by atoms with Gasteiger partial charge in [0.25, 0.3) is 0 Å². The van der Waals surface area contributed by atoms with Gasteiger partial charge >= 0.3 is 0 Å². The largest absolute Gasteiger partial charge is 0.386 e. The molecule has 0 fully saturated rings. The normalized spacial score (nSPS) is 43.9. The van der Waals surface area contributed by atoms with Crippen molar-refractivity contribution in [2.24, 2.45) is 0 Å². The van der Waals surface area contributed by atoms with E-state index in [1.807, 2.05) is 18.2 Å². The molecule has 0 aromatic rings. The van der Waals surface area contributed by atoms with Crippen LogP contribution in [0.15, 0.2) is 24.3 Å². The van der Waals surface area contributed by atoms with Crippen molar-refractivity contribution < 1.29 is 9.84 Å². The lowest BCUT2D eigenvalue weighted by molar-refractivity contribution is -0.0446. The van der Waals surface area contributed by atoms with E-state index in [4.69, 9.17) is 4.74 Å². The number of rotatable bonds is 0. The smallest absolute Gasteiger partial charge is 0.0987 e. The van der Waals surface area contributed by atoms with Gasteiger partial charge in [0, 0.05) is 0 Å². The van der Waals surface area contributed by atoms with Crippen molar-refractivity contribution in [1.82, 2.24) is 0 Å². The van der Waals surface area contributed by atoms with Crippen LogP contribution in [0, 0.1) is 0 Å². The van der Waals surface area contributed by atoms with Crippen LogP contribution >= 0.6 is 0 Å². The van der Waals surface area contributed by atoms with E-state index in [1.54, 1.807) is 0 Å². The van der Waals surface area contributed by atoms with Crippen molar-refractivity contribution in [1.29, 1.82) is 0 Å². The van der Waals surface area contributed by atoms with E-state index >= 15 is 0 Å². The molecule has 2 bridgehead atoms. The molecule has 0 amide bonds. The number of aliphatic hydroxyl groups is 1. The van der Waals surface area contributed by atoms with Crippen LogP contribution in [-0.2, 0) is 4.74 Å². The maximum absolute atomic E-state index is 9.27. The minimum absolute atomic E-state index is 0.000000000000000222. The fourth-order valence-electron chi connectivity index (χ4n) is 1.33. The molecule has 0 spiro atoms. The molecular weight excluding hydrogens is 128 g/mol. The van der Waals surface area contributed by atoms with Crippen molar-refractivity contribution in [2.45, 2.75) is 24.7 Å². The summed E-state index contributed by atoms with van der Waals surface area (Å²) in [6, 6.07) is 0. The standard InChI is InChI=1S/C8H10O2/c9-7-5-4-6-2-1-3-8(7)10-6/h1-2,4-9H,3H2/t6-,7+,8+/m1/s1. The van der Waals surface area contributed by atoms with Crippen LogP contribution in [0.2, 0.25) is 0 Å². The molecule has 2 aliphatic rings. The molecule has 3 atom stereocenters. The predicted molar refractivity (Wildman–Crippen MR) is 37.6 cm³/mol. The fraction of sp³-hybridized carbons (Fsp3) is 0.500. The topological polar surface area (TPSA) is 29.5 Å². The highest BCUT2D eigenvalue weighted by atomic mass is 16.5. The molecule has 2 nitrogen and oxygen atoms in total. The van der Waals surface area contributed by atoms with E-state index in [-0.39, 0.29) is 12.2 Å². The first-order valence-electron chi connectivity index (χ1n) is 3.55. The zero-order valence-corrected chi connectivity index (χ0v) is 5.60. The van der Waals surface area contributed by atoms with Gasteiger partial charge in [-0.2, -0.15) is 0 Å². The van der Waals surface area contributed by atoms with E-state index in [1.165, 1.54) is 0 Å². The van der Waals surface area contributed by atoms with Gasteiger partial charge in [0.05, 0.1) is 18.3 Å². The van der Waals surface area contributed by atoms with Crippen LogP contribution in [0.4, 0.5) is 0 Å². The van der Waals surface area contributed by atoms with Gasteiger partial charge in [0.1, 0.15) is 0 Å². The summed E-state index contributed by atoms with van der Waals surface area (Å²) >= 11 is 0. The number of hydrogen-bond donors (Lipinski definition) is 1. The molecule has 2 heterocycles. The monoisotopic (exact) mass is 138 g/mol. The van der Waals surface area contributed by atoms with E-state index in [0.717, 1.165) is 6.42 Å². The lowest BCUT2D eigenvalue weighted by Gasteiger charge is -2.30. The third kappa shape index (κ3) is 0.895. The zero-order valence-electron chi connectivity index (χ0n) is 5.60. The molecule has 0 aromatic carbocycles. The summed E-state index contributed by atoms with van der Waals surface area (Å²) in [5.41, 5.74) is 0. The highest BCUT2D eigenvalue weighted by Crippen LogP contribution is 2.21. The lowest BCUT2D eigenvalue weighted by Crippen LogP contribution is -2.36. The number of fused-ring (bicyclic) bond motifs is 2. The van der Waals surface area contributed by atoms with Crippen LogP contribution in [0.1, 0.15) is 6.42 Å². The molecule has 0 aliphatic carbocycles. The fourth-order valence-corrected chi connectivity index (χ4v) is 1.33. The molecule has 54 valence electrons. The molecule has 0 unspecified atom stereocenters. The van der Waals surface area contributed by atoms with Crippen molar-refractivity contribution in [3.8, 4) is 0 Å². The summed E-state index contributed by atoms with van der Waals surface area (Å²) in [6.07, 6.45) is 8.31. The van der Waals surface area contributed by atoms with Crippen LogP contribution in [-0.4, -0.2) is 23.4 Å². The van der Waals surface area contributed by atoms with E-state index < -0.39 is 6.10 Å². The maximum atomic E-state index is 9.27. The van der Waals surface area contributed by atoms with Gasteiger partial charge < -0.3 is 9.84 Å². The molecular formula is C8H10O2. The molecule has 0 saturated carbocycles. The van der Waals surface area contributed by atoms with Gasteiger partial charge in [0.15, 0.2) is 0 Å². The third-order valence-corrected chi connectivity index (χ3v) is 1.90. The molecule has 2 rings (SSSR count). The minimum Gasteiger partial charge on any atom is -0.386 e. The molecule has 10 heavy (non-hydrogen) atoms. The van der Waals surface area contributed by atoms with Crippen molar-refractivity contribution in [3.05, 3.63) is 24.3 Å². The summed E-state index contributed by atoms with van der Waals surface area (Å²) in [6.45, 7) is 0. The average molecular weight is 138 g/mol. The Kier molecular flexibility index (Phi) is 1.36. The van der Waals surface area contributed by atoms with E-state index in [0.29, 0.717) is 0 Å². The Morgan fingerprint density at radius 2 is 2.20 bits per heavy atom. The van der Waals surface area contributed by atoms with Crippen molar-refractivity contribution in [2.75, 3.05) is 0 Å². The first kappa shape index (κ1) is 6.13. The molecule has 0 aromatic heterocycles. The van der Waals surface area contributed by atoms with Gasteiger partial charge in [-0.1, -0.05) is 24.3 Å². The van der Waals surface area contributed by atoms with Crippen LogP contribution in [0.3, 0.4) is 0 Å². The molecule has 0 saturated heterocycles. The second-order valence-electron chi connectivity index (χ2n) is 2.68. The first-order chi connectivity index (χ1) is 4.86. The van der Waals surface area contributed by atoms with Crippen molar-refractivity contribution in [3.63, 3.8) is 0 Å². The Morgan fingerprint density at radius 1 is 1.30 bits per heavy atom. The quantitative estimate of drug-likeness (QED) is 0.497. The van der Waals surface area contributed by atoms with Crippen molar-refractivity contribution >= 4 is 0 Å². The minimum atomic E-state index is -0.402. The molecule has 1 N–H and O–H groups in total. The second-order valence-corrected chi connectivity index (χ2v) is 2.68. The van der Waals surface area contributed by atoms with Gasteiger partial charge in [-0.3, -0.25) is 0 Å². The van der Waals surface area contributed by atoms with Gasteiger partial charge in [0.2, 0.25) is 0 Å². The Morgan fingerprint density at radius 3 is 3.00 bits per heavy atom. The molecule has 0 radical (unpaired) electrons. The Hall–Kier alpha value is -0.600. The zero-order chi connectivity index (χ0) is 6.97. The summed E-state index contributed by atoms with van der Waals surface area (Å²) in [4.78, 5) is 0. The van der Waals surface area contributed by atoms with Gasteiger partial charge in [-0.05, 0) is 6.42 Å². The summed E-state index contributed by atoms with van der Waals surface area (Å²) in [5, 5.41) is 9.27. The number of ether oxygens (including phenoxy) is 1. The number of hydrogen-bond acceptors (Lipinski definition) is 2. The first-order valence-corrected chi connectivity index (χ1v) is 3.55. The SMILES string of the molecule is O[C@H]1C=C[C@H]2C=CC[C@@H]1O2. The molecule has 2 heteroatoms. The lowest BCUT2D eigenvalue weighted by atomic mass is 10.0. The second kappa shape index (κ2) is 2.22. The number of aliphatic hydroxyl groups excluding tert-OH is 1. The highest BCUT2D eigenvalue weighted by molar-refractivity contribution is 5.14. The van der Waals surface area contributed by atoms with Gasteiger partial charge in [-0.25, -0.2) is 0 Å². The van der Waals surface area contributed by atoms with Crippen LogP contribution in [0.5, 0.6) is 0 Å². The Labute approximate surface area is 59.8 Å². The van der Waals surface area contributed by atoms with E-state index in [9.17, 15) is 5.11 Å². The summed E-state index contributed by atoms with van der Waals surface area (Å²) in [5.74, 6) is 0. The summed E-state index contributed by atoms with van der Waals surface area (Å²) < 4.78 is 5.41. The molecule has 2 aliphatic heterocycles. The Bertz CT molecular complexity index is 184. The Balaban J connectivity index is 2.22. The predicted octanol–water partition coefficient (Wildman–Crippen LogP) is 0.631. The van der Waals surface area contributed by atoms with Crippen LogP contribution in [0.25, 0.3) is 0 Å². The summed E-state index contributed by atoms with van der Waals surface area (Å²) in [7, 11) is 0. The third-order valence-electron chi connectivity index (χ3n) is 1.90. The highest BCUT2D eigenvalue weighted by Gasteiger charge is 2.25. The maximum Gasteiger partial charge on any atom is 0.0987 e. The van der Waals surface area contributed by atoms with E-state index in [2.05, 4.69) is 6.08 Å².